The Balaban J connectivity index is 2.20. The molecule has 0 saturated carbocycles. The van der Waals surface area contributed by atoms with Crippen LogP contribution in [0.5, 0.6) is 0 Å². The second kappa shape index (κ2) is 5.43. The standard InChI is InChI=1S/C13H13N3O4/c1-8(12-3-2-6-20-12)15-13(17)10-7-9(16(18)19)4-5-11(10)14/h2-8H,14H2,1H3,(H,15,17). The second-order valence-electron chi connectivity index (χ2n) is 4.24. The molecule has 0 aliphatic carbocycles. The molecule has 7 heteroatoms. The molecule has 1 aromatic heterocycles. The number of nitrogens with zero attached hydrogens (tertiary/aromatic N) is 1. The van der Waals surface area contributed by atoms with Crippen LogP contribution < -0.4 is 11.1 Å². The first-order chi connectivity index (χ1) is 9.49. The van der Waals surface area contributed by atoms with E-state index in [-0.39, 0.29) is 23.0 Å². The normalized spacial score (nSPS) is 11.8. The van der Waals surface area contributed by atoms with Crippen molar-refractivity contribution in [2.45, 2.75) is 13.0 Å². The summed E-state index contributed by atoms with van der Waals surface area (Å²) in [6.45, 7) is 1.74. The number of furan rings is 1. The average Bonchev–Trinajstić information content (AvgIpc) is 2.92. The van der Waals surface area contributed by atoms with Gasteiger partial charge in [-0.2, -0.15) is 0 Å². The molecular weight excluding hydrogens is 262 g/mol. The number of anilines is 1. The van der Waals surface area contributed by atoms with Crippen LogP contribution in [-0.4, -0.2) is 10.8 Å². The summed E-state index contributed by atoms with van der Waals surface area (Å²) in [5.74, 6) is 0.0949. The highest BCUT2D eigenvalue weighted by Crippen LogP contribution is 2.21. The van der Waals surface area contributed by atoms with Crippen molar-refractivity contribution in [2.75, 3.05) is 5.73 Å². The molecule has 1 atom stereocenters. The number of amides is 1. The molecule has 2 aromatic rings. The molecule has 2 rings (SSSR count). The molecule has 1 amide bonds. The fraction of sp³-hybridized carbons (Fsp3) is 0.154. The van der Waals surface area contributed by atoms with E-state index >= 15 is 0 Å². The number of nitro benzene ring substituents is 1. The number of hydrogen-bond acceptors (Lipinski definition) is 5. The number of nitrogen functional groups attached to an aromatic ring is 1. The van der Waals surface area contributed by atoms with Gasteiger partial charge < -0.3 is 15.5 Å². The Morgan fingerprint density at radius 3 is 2.80 bits per heavy atom. The Hall–Kier alpha value is -2.83. The Morgan fingerprint density at radius 2 is 2.20 bits per heavy atom. The quantitative estimate of drug-likeness (QED) is 0.505. The predicted octanol–water partition coefficient (Wildman–Crippen LogP) is 2.26. The van der Waals surface area contributed by atoms with Crippen molar-refractivity contribution in [3.05, 3.63) is 58.0 Å². The third-order valence-corrected chi connectivity index (χ3v) is 2.81. The van der Waals surface area contributed by atoms with Gasteiger partial charge in [-0.05, 0) is 25.1 Å². The summed E-state index contributed by atoms with van der Waals surface area (Å²) in [5, 5.41) is 13.4. The van der Waals surface area contributed by atoms with Crippen molar-refractivity contribution in [2.24, 2.45) is 0 Å². The third kappa shape index (κ3) is 2.77. The highest BCUT2D eigenvalue weighted by atomic mass is 16.6. The zero-order valence-electron chi connectivity index (χ0n) is 10.7. The molecule has 1 unspecified atom stereocenters. The van der Waals surface area contributed by atoms with E-state index in [1.807, 2.05) is 0 Å². The number of carbonyl (C=O) groups is 1. The van der Waals surface area contributed by atoms with Gasteiger partial charge >= 0.3 is 0 Å². The van der Waals surface area contributed by atoms with Gasteiger partial charge in [-0.1, -0.05) is 0 Å². The largest absolute Gasteiger partial charge is 0.467 e. The molecule has 104 valence electrons. The monoisotopic (exact) mass is 275 g/mol. The van der Waals surface area contributed by atoms with Crippen LogP contribution in [0.25, 0.3) is 0 Å². The van der Waals surface area contributed by atoms with Crippen molar-refractivity contribution >= 4 is 17.3 Å². The Morgan fingerprint density at radius 1 is 1.45 bits per heavy atom. The van der Waals surface area contributed by atoms with Crippen LogP contribution in [0.4, 0.5) is 11.4 Å². The summed E-state index contributed by atoms with van der Waals surface area (Å²) < 4.78 is 5.17. The zero-order valence-corrected chi connectivity index (χ0v) is 10.7. The molecule has 0 radical (unpaired) electrons. The van der Waals surface area contributed by atoms with Gasteiger partial charge in [0.05, 0.1) is 22.8 Å². The molecular formula is C13H13N3O4. The predicted molar refractivity (Wildman–Crippen MR) is 72.1 cm³/mol. The molecule has 0 spiro atoms. The van der Waals surface area contributed by atoms with Crippen molar-refractivity contribution in [3.8, 4) is 0 Å². The minimum Gasteiger partial charge on any atom is -0.467 e. The number of benzene rings is 1. The summed E-state index contributed by atoms with van der Waals surface area (Å²) in [6, 6.07) is 6.81. The smallest absolute Gasteiger partial charge is 0.270 e. The molecule has 0 bridgehead atoms. The van der Waals surface area contributed by atoms with Gasteiger partial charge in [0, 0.05) is 17.8 Å². The van der Waals surface area contributed by atoms with Crippen LogP contribution >= 0.6 is 0 Å². The van der Waals surface area contributed by atoms with Gasteiger partial charge in [0.1, 0.15) is 5.76 Å². The summed E-state index contributed by atoms with van der Waals surface area (Å²) in [6.07, 6.45) is 1.50. The van der Waals surface area contributed by atoms with E-state index in [0.717, 1.165) is 6.07 Å². The maximum absolute atomic E-state index is 12.1. The Bertz CT molecular complexity index is 637. The number of rotatable bonds is 4. The maximum atomic E-state index is 12.1. The van der Waals surface area contributed by atoms with Crippen LogP contribution in [0.2, 0.25) is 0 Å². The SMILES string of the molecule is CC(NC(=O)c1cc([N+](=O)[O-])ccc1N)c1ccco1. The van der Waals surface area contributed by atoms with Crippen molar-refractivity contribution in [3.63, 3.8) is 0 Å². The van der Waals surface area contributed by atoms with Crippen LogP contribution in [0.3, 0.4) is 0 Å². The van der Waals surface area contributed by atoms with Crippen LogP contribution in [0, 0.1) is 10.1 Å². The zero-order chi connectivity index (χ0) is 14.7. The molecule has 0 aliphatic heterocycles. The number of non-ortho nitro benzene ring substituents is 1. The van der Waals surface area contributed by atoms with E-state index in [9.17, 15) is 14.9 Å². The summed E-state index contributed by atoms with van der Waals surface area (Å²) in [4.78, 5) is 22.2. The fourth-order valence-electron chi connectivity index (χ4n) is 1.74. The molecule has 7 nitrogen and oxygen atoms in total. The maximum Gasteiger partial charge on any atom is 0.270 e. The van der Waals surface area contributed by atoms with Crippen LogP contribution in [0.15, 0.2) is 41.0 Å². The van der Waals surface area contributed by atoms with Gasteiger partial charge in [-0.25, -0.2) is 0 Å². The lowest BCUT2D eigenvalue weighted by molar-refractivity contribution is -0.384. The molecule has 0 saturated heterocycles. The highest BCUT2D eigenvalue weighted by Gasteiger charge is 2.18. The first-order valence-electron chi connectivity index (χ1n) is 5.87. The van der Waals surface area contributed by atoms with Crippen LogP contribution in [0.1, 0.15) is 29.1 Å². The number of nitrogens with two attached hydrogens (primary N) is 1. The number of hydrogen-bond donors (Lipinski definition) is 2. The van der Waals surface area contributed by atoms with E-state index in [4.69, 9.17) is 10.2 Å². The van der Waals surface area contributed by atoms with Crippen molar-refractivity contribution in [1.82, 2.24) is 5.32 Å². The van der Waals surface area contributed by atoms with Gasteiger partial charge in [-0.3, -0.25) is 14.9 Å². The third-order valence-electron chi connectivity index (χ3n) is 2.81. The first-order valence-corrected chi connectivity index (χ1v) is 5.87. The molecule has 0 fully saturated rings. The lowest BCUT2D eigenvalue weighted by atomic mass is 10.1. The van der Waals surface area contributed by atoms with Crippen molar-refractivity contribution < 1.29 is 14.1 Å². The number of nitro groups is 1. The van der Waals surface area contributed by atoms with E-state index in [1.54, 1.807) is 19.1 Å². The number of carbonyl (C=O) groups excluding carboxylic acids is 1. The molecule has 20 heavy (non-hydrogen) atoms. The molecule has 0 aliphatic rings. The van der Waals surface area contributed by atoms with Gasteiger partial charge in [0.2, 0.25) is 0 Å². The minimum atomic E-state index is -0.577. The van der Waals surface area contributed by atoms with Gasteiger partial charge in [-0.15, -0.1) is 0 Å². The highest BCUT2D eigenvalue weighted by molar-refractivity contribution is 5.99. The van der Waals surface area contributed by atoms with E-state index in [0.29, 0.717) is 5.76 Å². The Kier molecular flexibility index (Phi) is 3.69. The second-order valence-corrected chi connectivity index (χ2v) is 4.24. The van der Waals surface area contributed by atoms with Gasteiger partial charge in [0.25, 0.3) is 11.6 Å². The summed E-state index contributed by atoms with van der Waals surface area (Å²) >= 11 is 0. The lowest BCUT2D eigenvalue weighted by Crippen LogP contribution is -2.27. The van der Waals surface area contributed by atoms with E-state index in [1.165, 1.54) is 18.4 Å². The van der Waals surface area contributed by atoms with E-state index < -0.39 is 10.8 Å². The van der Waals surface area contributed by atoms with E-state index in [2.05, 4.69) is 5.32 Å². The topological polar surface area (TPSA) is 111 Å². The van der Waals surface area contributed by atoms with Gasteiger partial charge in [0.15, 0.2) is 0 Å². The summed E-state index contributed by atoms with van der Waals surface area (Å²) in [7, 11) is 0. The fourth-order valence-corrected chi connectivity index (χ4v) is 1.74. The number of nitrogens with one attached hydrogen (secondary N) is 1. The van der Waals surface area contributed by atoms with Crippen molar-refractivity contribution in [1.29, 1.82) is 0 Å². The average molecular weight is 275 g/mol. The molecule has 1 aromatic carbocycles. The first kappa shape index (κ1) is 13.6. The summed E-state index contributed by atoms with van der Waals surface area (Å²) in [5.41, 5.74) is 5.74. The van der Waals surface area contributed by atoms with Crippen LogP contribution in [-0.2, 0) is 0 Å². The Labute approximate surface area is 114 Å². The molecule has 1 heterocycles. The molecule has 3 N–H and O–H groups in total. The lowest BCUT2D eigenvalue weighted by Gasteiger charge is -2.12. The minimum absolute atomic E-state index is 0.0672.